The van der Waals surface area contributed by atoms with Crippen molar-refractivity contribution in [3.8, 4) is 0 Å². The van der Waals surface area contributed by atoms with Crippen LogP contribution in [0.3, 0.4) is 0 Å². The minimum Gasteiger partial charge on any atom is -0.370 e. The highest BCUT2D eigenvalue weighted by Crippen LogP contribution is 2.10. The standard InChI is InChI=1S/C18H19ClN4O2/c19-16-3-1-2-14(12-16)13-21-22-18(24)17(15-4-6-20-7-5-15)23-8-10-25-11-9-23/h1-7,12-13,17H,8-11H2,(H,22,24)/p+1/b21-13-/t17-/m1/s1. The van der Waals surface area contributed by atoms with Crippen LogP contribution >= 0.6 is 11.6 Å². The first-order chi connectivity index (χ1) is 12.2. The summed E-state index contributed by atoms with van der Waals surface area (Å²) in [4.78, 5) is 18.0. The fraction of sp³-hybridized carbons (Fsp3) is 0.278. The number of pyridine rings is 1. The molecule has 6 nitrogen and oxygen atoms in total. The Hall–Kier alpha value is -2.28. The highest BCUT2D eigenvalue weighted by molar-refractivity contribution is 6.30. The zero-order valence-corrected chi connectivity index (χ0v) is 14.4. The molecule has 1 aromatic heterocycles. The number of ether oxygens (including phenoxy) is 1. The van der Waals surface area contributed by atoms with E-state index in [1.54, 1.807) is 30.7 Å². The summed E-state index contributed by atoms with van der Waals surface area (Å²) >= 11 is 5.95. The minimum absolute atomic E-state index is 0.152. The third kappa shape index (κ3) is 4.85. The predicted octanol–water partition coefficient (Wildman–Crippen LogP) is 0.841. The molecule has 2 N–H and O–H groups in total. The molecular formula is C18H20ClN4O2+. The van der Waals surface area contributed by atoms with Crippen molar-refractivity contribution in [2.24, 2.45) is 5.10 Å². The Kier molecular flexibility index (Phi) is 6.11. The second-order valence-electron chi connectivity index (χ2n) is 5.77. The molecule has 0 radical (unpaired) electrons. The van der Waals surface area contributed by atoms with Crippen LogP contribution in [0.5, 0.6) is 0 Å². The van der Waals surface area contributed by atoms with Crippen molar-refractivity contribution in [2.75, 3.05) is 26.3 Å². The van der Waals surface area contributed by atoms with Crippen LogP contribution in [0, 0.1) is 0 Å². The van der Waals surface area contributed by atoms with Gasteiger partial charge in [0.2, 0.25) is 0 Å². The monoisotopic (exact) mass is 359 g/mol. The molecule has 1 atom stereocenters. The molecule has 7 heteroatoms. The number of nitrogens with zero attached hydrogens (tertiary/aromatic N) is 2. The zero-order valence-electron chi connectivity index (χ0n) is 13.7. The maximum Gasteiger partial charge on any atom is 0.303 e. The Bertz CT molecular complexity index is 733. The quantitative estimate of drug-likeness (QED) is 0.614. The van der Waals surface area contributed by atoms with E-state index in [9.17, 15) is 4.79 Å². The summed E-state index contributed by atoms with van der Waals surface area (Å²) in [5.41, 5.74) is 4.40. The molecule has 25 heavy (non-hydrogen) atoms. The number of carbonyl (C=O) groups is 1. The van der Waals surface area contributed by atoms with Crippen molar-refractivity contribution in [2.45, 2.75) is 6.04 Å². The molecule has 2 aromatic rings. The van der Waals surface area contributed by atoms with E-state index in [2.05, 4.69) is 15.5 Å². The maximum absolute atomic E-state index is 12.8. The molecule has 1 aromatic carbocycles. The second-order valence-corrected chi connectivity index (χ2v) is 6.21. The van der Waals surface area contributed by atoms with Gasteiger partial charge in [0, 0.05) is 23.0 Å². The zero-order chi connectivity index (χ0) is 17.5. The van der Waals surface area contributed by atoms with Gasteiger partial charge in [0.25, 0.3) is 0 Å². The first-order valence-electron chi connectivity index (χ1n) is 8.15. The summed E-state index contributed by atoms with van der Waals surface area (Å²) in [5.74, 6) is -0.152. The van der Waals surface area contributed by atoms with Gasteiger partial charge in [0.15, 0.2) is 6.04 Å². The number of benzene rings is 1. The van der Waals surface area contributed by atoms with Crippen molar-refractivity contribution >= 4 is 23.7 Å². The second kappa shape index (κ2) is 8.71. The Morgan fingerprint density at radius 1 is 1.28 bits per heavy atom. The number of quaternary nitrogens is 1. The number of hydrazone groups is 1. The van der Waals surface area contributed by atoms with Gasteiger partial charge in [-0.1, -0.05) is 23.7 Å². The van der Waals surface area contributed by atoms with Crippen LogP contribution in [0.25, 0.3) is 0 Å². The van der Waals surface area contributed by atoms with Crippen LogP contribution in [0.2, 0.25) is 5.02 Å². The van der Waals surface area contributed by atoms with Crippen molar-refractivity contribution < 1.29 is 14.4 Å². The largest absolute Gasteiger partial charge is 0.370 e. The summed E-state index contributed by atoms with van der Waals surface area (Å²) in [5, 5.41) is 4.71. The number of hydrogen-bond donors (Lipinski definition) is 2. The number of nitrogens with one attached hydrogen (secondary N) is 2. The number of morpholine rings is 1. The van der Waals surface area contributed by atoms with Gasteiger partial charge in [0.1, 0.15) is 13.1 Å². The summed E-state index contributed by atoms with van der Waals surface area (Å²) in [7, 11) is 0. The van der Waals surface area contributed by atoms with Gasteiger partial charge in [-0.2, -0.15) is 5.10 Å². The molecule has 1 fully saturated rings. The molecule has 1 amide bonds. The van der Waals surface area contributed by atoms with Crippen LogP contribution in [-0.4, -0.2) is 43.4 Å². The lowest BCUT2D eigenvalue weighted by atomic mass is 10.1. The van der Waals surface area contributed by atoms with E-state index in [0.717, 1.165) is 29.1 Å². The summed E-state index contributed by atoms with van der Waals surface area (Å²) < 4.78 is 5.41. The van der Waals surface area contributed by atoms with Crippen LogP contribution < -0.4 is 10.3 Å². The SMILES string of the molecule is O=C(N/N=C\c1cccc(Cl)c1)[C@@H](c1ccncc1)[NH+]1CCOCC1. The van der Waals surface area contributed by atoms with Gasteiger partial charge < -0.3 is 9.64 Å². The first-order valence-corrected chi connectivity index (χ1v) is 8.52. The van der Waals surface area contributed by atoms with Crippen molar-refractivity contribution in [3.63, 3.8) is 0 Å². The molecule has 2 heterocycles. The van der Waals surface area contributed by atoms with Gasteiger partial charge in [-0.15, -0.1) is 0 Å². The molecule has 0 spiro atoms. The fourth-order valence-corrected chi connectivity index (χ4v) is 3.07. The lowest BCUT2D eigenvalue weighted by molar-refractivity contribution is -0.929. The smallest absolute Gasteiger partial charge is 0.303 e. The number of halogens is 1. The lowest BCUT2D eigenvalue weighted by Crippen LogP contribution is -3.15. The number of rotatable bonds is 5. The van der Waals surface area contributed by atoms with Gasteiger partial charge in [-0.05, 0) is 29.8 Å². The maximum atomic E-state index is 12.8. The summed E-state index contributed by atoms with van der Waals surface area (Å²) in [6, 6.07) is 10.7. The van der Waals surface area contributed by atoms with Crippen molar-refractivity contribution in [1.29, 1.82) is 0 Å². The first kappa shape index (κ1) is 17.5. The van der Waals surface area contributed by atoms with Gasteiger partial charge >= 0.3 is 5.91 Å². The fourth-order valence-electron chi connectivity index (χ4n) is 2.87. The summed E-state index contributed by atoms with van der Waals surface area (Å²) in [6.45, 7) is 2.85. The minimum atomic E-state index is -0.344. The molecule has 0 unspecified atom stereocenters. The van der Waals surface area contributed by atoms with Crippen LogP contribution in [-0.2, 0) is 9.53 Å². The number of carbonyl (C=O) groups excluding carboxylic acids is 1. The normalized spacial score (nSPS) is 16.7. The molecule has 1 aliphatic rings. The molecule has 1 saturated heterocycles. The number of hydrogen-bond acceptors (Lipinski definition) is 4. The predicted molar refractivity (Wildman–Crippen MR) is 95.7 cm³/mol. The molecular weight excluding hydrogens is 340 g/mol. The van der Waals surface area contributed by atoms with Crippen LogP contribution in [0.4, 0.5) is 0 Å². The van der Waals surface area contributed by atoms with Crippen molar-refractivity contribution in [1.82, 2.24) is 10.4 Å². The molecule has 1 aliphatic heterocycles. The van der Waals surface area contributed by atoms with Gasteiger partial charge in [-0.25, -0.2) is 5.43 Å². The Balaban J connectivity index is 1.72. The molecule has 0 saturated carbocycles. The third-order valence-corrected chi connectivity index (χ3v) is 4.32. The van der Waals surface area contributed by atoms with E-state index < -0.39 is 0 Å². The van der Waals surface area contributed by atoms with E-state index in [1.807, 2.05) is 24.3 Å². The molecule has 0 aliphatic carbocycles. The number of amides is 1. The lowest BCUT2D eigenvalue weighted by Gasteiger charge is -2.30. The average molecular weight is 360 g/mol. The topological polar surface area (TPSA) is 68.0 Å². The average Bonchev–Trinajstić information content (AvgIpc) is 2.64. The Morgan fingerprint density at radius 3 is 2.76 bits per heavy atom. The van der Waals surface area contributed by atoms with E-state index in [0.29, 0.717) is 18.2 Å². The van der Waals surface area contributed by atoms with E-state index in [1.165, 1.54) is 0 Å². The number of aromatic nitrogens is 1. The van der Waals surface area contributed by atoms with Crippen LogP contribution in [0.1, 0.15) is 17.2 Å². The summed E-state index contributed by atoms with van der Waals surface area (Å²) in [6.07, 6.45) is 4.98. The highest BCUT2D eigenvalue weighted by Gasteiger charge is 2.32. The molecule has 0 bridgehead atoms. The van der Waals surface area contributed by atoms with Gasteiger partial charge in [-0.3, -0.25) is 9.78 Å². The molecule has 3 rings (SSSR count). The Morgan fingerprint density at radius 2 is 2.04 bits per heavy atom. The highest BCUT2D eigenvalue weighted by atomic mass is 35.5. The molecule has 130 valence electrons. The van der Waals surface area contributed by atoms with Crippen LogP contribution in [0.15, 0.2) is 53.9 Å². The van der Waals surface area contributed by atoms with E-state index >= 15 is 0 Å². The Labute approximate surface area is 151 Å². The van der Waals surface area contributed by atoms with Gasteiger partial charge in [0.05, 0.1) is 19.4 Å². The third-order valence-electron chi connectivity index (χ3n) is 4.08. The van der Waals surface area contributed by atoms with E-state index in [4.69, 9.17) is 16.3 Å². The van der Waals surface area contributed by atoms with Crippen molar-refractivity contribution in [3.05, 3.63) is 64.9 Å². The van der Waals surface area contributed by atoms with E-state index in [-0.39, 0.29) is 11.9 Å².